The number of benzene rings is 1. The molecular formula is C11H11NOS. The van der Waals surface area contributed by atoms with Crippen molar-refractivity contribution >= 4 is 23.2 Å². The number of hydrogen-bond acceptors (Lipinski definition) is 3. The summed E-state index contributed by atoms with van der Waals surface area (Å²) in [6.45, 7) is 0. The highest BCUT2D eigenvalue weighted by molar-refractivity contribution is 8.00. The lowest BCUT2D eigenvalue weighted by molar-refractivity contribution is -0.112. The van der Waals surface area contributed by atoms with Crippen molar-refractivity contribution < 1.29 is 4.79 Å². The van der Waals surface area contributed by atoms with E-state index in [9.17, 15) is 4.79 Å². The highest BCUT2D eigenvalue weighted by Gasteiger charge is 2.09. The molecule has 1 N–H and O–H groups in total. The molecule has 0 saturated heterocycles. The average molecular weight is 205 g/mol. The lowest BCUT2D eigenvalue weighted by Crippen LogP contribution is -2.12. The molecule has 0 spiro atoms. The van der Waals surface area contributed by atoms with Gasteiger partial charge in [0.05, 0.1) is 5.75 Å². The van der Waals surface area contributed by atoms with Crippen molar-refractivity contribution in [3.8, 4) is 0 Å². The van der Waals surface area contributed by atoms with E-state index >= 15 is 0 Å². The number of rotatable bonds is 2. The minimum atomic E-state index is 0.194. The number of carbonyl (C=O) groups is 1. The molecule has 1 aromatic carbocycles. The number of thioether (sulfide) groups is 1. The summed E-state index contributed by atoms with van der Waals surface area (Å²) >= 11 is 1.65. The van der Waals surface area contributed by atoms with E-state index < -0.39 is 0 Å². The third kappa shape index (κ3) is 2.39. The van der Waals surface area contributed by atoms with Gasteiger partial charge in [-0.1, -0.05) is 18.2 Å². The highest BCUT2D eigenvalue weighted by atomic mass is 32.2. The number of ketones is 1. The van der Waals surface area contributed by atoms with Crippen LogP contribution in [0.15, 0.2) is 42.1 Å². The molecule has 0 aromatic heterocycles. The van der Waals surface area contributed by atoms with Crippen LogP contribution in [0.3, 0.4) is 0 Å². The third-order valence-electron chi connectivity index (χ3n) is 1.92. The Morgan fingerprint density at radius 1 is 1.14 bits per heavy atom. The summed E-state index contributed by atoms with van der Waals surface area (Å²) in [5.41, 5.74) is 2.03. The van der Waals surface area contributed by atoms with Crippen LogP contribution in [0, 0.1) is 0 Å². The van der Waals surface area contributed by atoms with Crippen molar-refractivity contribution in [3.05, 3.63) is 42.1 Å². The Labute approximate surface area is 87.4 Å². The third-order valence-corrected chi connectivity index (χ3v) is 2.92. The number of hydrogen-bond donors (Lipinski definition) is 1. The van der Waals surface area contributed by atoms with Gasteiger partial charge in [-0.15, -0.1) is 11.8 Å². The molecule has 72 valence electrons. The molecule has 0 saturated carbocycles. The van der Waals surface area contributed by atoms with Crippen molar-refractivity contribution in [1.82, 2.24) is 0 Å². The molecule has 2 nitrogen and oxygen atoms in total. The Morgan fingerprint density at radius 2 is 1.93 bits per heavy atom. The second-order valence-electron chi connectivity index (χ2n) is 3.12. The lowest BCUT2D eigenvalue weighted by atomic mass is 10.3. The maximum atomic E-state index is 11.1. The Bertz CT molecular complexity index is 359. The van der Waals surface area contributed by atoms with Gasteiger partial charge in [-0.05, 0) is 12.1 Å². The summed E-state index contributed by atoms with van der Waals surface area (Å²) in [4.78, 5) is 11.1. The Kier molecular flexibility index (Phi) is 2.89. The fourth-order valence-electron chi connectivity index (χ4n) is 1.32. The Balaban J connectivity index is 2.08. The van der Waals surface area contributed by atoms with Gasteiger partial charge in [0.15, 0.2) is 5.78 Å². The van der Waals surface area contributed by atoms with Gasteiger partial charge in [0.1, 0.15) is 0 Å². The van der Waals surface area contributed by atoms with Gasteiger partial charge in [-0.3, -0.25) is 4.79 Å². The standard InChI is InChI=1S/C11H11NOS/c13-11-6-10(7-14-8-11)12-9-4-2-1-3-5-9/h1-6,12H,7-8H2. The summed E-state index contributed by atoms with van der Waals surface area (Å²) in [7, 11) is 0. The van der Waals surface area contributed by atoms with E-state index in [1.54, 1.807) is 17.8 Å². The largest absolute Gasteiger partial charge is 0.358 e. The van der Waals surface area contributed by atoms with Gasteiger partial charge in [0, 0.05) is 23.2 Å². The monoisotopic (exact) mass is 205 g/mol. The smallest absolute Gasteiger partial charge is 0.167 e. The van der Waals surface area contributed by atoms with Crippen LogP contribution in [0.1, 0.15) is 0 Å². The van der Waals surface area contributed by atoms with Gasteiger partial charge in [-0.25, -0.2) is 0 Å². The molecule has 1 aromatic rings. The lowest BCUT2D eigenvalue weighted by Gasteiger charge is -2.13. The van der Waals surface area contributed by atoms with Crippen LogP contribution in [-0.2, 0) is 4.79 Å². The first-order valence-corrected chi connectivity index (χ1v) is 5.63. The fourth-order valence-corrected chi connectivity index (χ4v) is 2.08. The van der Waals surface area contributed by atoms with E-state index in [-0.39, 0.29) is 5.78 Å². The molecule has 0 radical (unpaired) electrons. The molecule has 1 aliphatic heterocycles. The molecule has 14 heavy (non-hydrogen) atoms. The zero-order chi connectivity index (χ0) is 9.80. The van der Waals surface area contributed by atoms with Crippen LogP contribution in [-0.4, -0.2) is 17.3 Å². The molecular weight excluding hydrogens is 194 g/mol. The van der Waals surface area contributed by atoms with E-state index in [0.717, 1.165) is 17.1 Å². The zero-order valence-corrected chi connectivity index (χ0v) is 8.51. The topological polar surface area (TPSA) is 29.1 Å². The summed E-state index contributed by atoms with van der Waals surface area (Å²) < 4.78 is 0. The molecule has 0 amide bonds. The fraction of sp³-hybridized carbons (Fsp3) is 0.182. The van der Waals surface area contributed by atoms with Crippen LogP contribution >= 0.6 is 11.8 Å². The van der Waals surface area contributed by atoms with E-state index in [0.29, 0.717) is 5.75 Å². The van der Waals surface area contributed by atoms with Crippen LogP contribution < -0.4 is 5.32 Å². The van der Waals surface area contributed by atoms with Crippen molar-refractivity contribution in [2.75, 3.05) is 16.8 Å². The van der Waals surface area contributed by atoms with Gasteiger partial charge >= 0.3 is 0 Å². The molecule has 0 fully saturated rings. The maximum absolute atomic E-state index is 11.1. The minimum Gasteiger partial charge on any atom is -0.358 e. The summed E-state index contributed by atoms with van der Waals surface area (Å²) in [5.74, 6) is 1.69. The maximum Gasteiger partial charge on any atom is 0.167 e. The van der Waals surface area contributed by atoms with Crippen LogP contribution in [0.5, 0.6) is 0 Å². The van der Waals surface area contributed by atoms with Gasteiger partial charge in [0.2, 0.25) is 0 Å². The first-order valence-electron chi connectivity index (χ1n) is 4.48. The van der Waals surface area contributed by atoms with Crippen LogP contribution in [0.2, 0.25) is 0 Å². The Hall–Kier alpha value is -1.22. The summed E-state index contributed by atoms with van der Waals surface area (Å²) in [6, 6.07) is 9.90. The molecule has 1 heterocycles. The summed E-state index contributed by atoms with van der Waals surface area (Å²) in [6.07, 6.45) is 1.70. The van der Waals surface area contributed by atoms with Gasteiger partial charge < -0.3 is 5.32 Å². The predicted octanol–water partition coefficient (Wildman–Crippen LogP) is 2.30. The van der Waals surface area contributed by atoms with Crippen LogP contribution in [0.4, 0.5) is 5.69 Å². The number of para-hydroxylation sites is 1. The molecule has 0 atom stereocenters. The van der Waals surface area contributed by atoms with E-state index in [4.69, 9.17) is 0 Å². The second-order valence-corrected chi connectivity index (χ2v) is 4.11. The second kappa shape index (κ2) is 4.33. The summed E-state index contributed by atoms with van der Waals surface area (Å²) in [5, 5.41) is 3.23. The molecule has 0 aliphatic carbocycles. The molecule has 2 rings (SSSR count). The zero-order valence-electron chi connectivity index (χ0n) is 7.69. The van der Waals surface area contributed by atoms with Crippen molar-refractivity contribution in [2.24, 2.45) is 0 Å². The molecule has 0 unspecified atom stereocenters. The van der Waals surface area contributed by atoms with Crippen molar-refractivity contribution in [3.63, 3.8) is 0 Å². The molecule has 3 heteroatoms. The normalized spacial score (nSPS) is 16.3. The van der Waals surface area contributed by atoms with Crippen molar-refractivity contribution in [1.29, 1.82) is 0 Å². The van der Waals surface area contributed by atoms with E-state index in [1.165, 1.54) is 0 Å². The van der Waals surface area contributed by atoms with E-state index in [1.807, 2.05) is 30.3 Å². The quantitative estimate of drug-likeness (QED) is 0.803. The van der Waals surface area contributed by atoms with Crippen molar-refractivity contribution in [2.45, 2.75) is 0 Å². The minimum absolute atomic E-state index is 0.194. The number of carbonyl (C=O) groups excluding carboxylic acids is 1. The Morgan fingerprint density at radius 3 is 2.64 bits per heavy atom. The van der Waals surface area contributed by atoms with Crippen LogP contribution in [0.25, 0.3) is 0 Å². The first kappa shape index (κ1) is 9.34. The van der Waals surface area contributed by atoms with E-state index in [2.05, 4.69) is 5.32 Å². The molecule has 1 aliphatic rings. The highest BCUT2D eigenvalue weighted by Crippen LogP contribution is 2.17. The number of nitrogens with one attached hydrogen (secondary N) is 1. The SMILES string of the molecule is O=C1C=C(Nc2ccccc2)CSC1. The van der Waals surface area contributed by atoms with Gasteiger partial charge in [-0.2, -0.15) is 0 Å². The number of allylic oxidation sites excluding steroid dienone is 1. The predicted molar refractivity (Wildman–Crippen MR) is 60.5 cm³/mol. The average Bonchev–Trinajstić information content (AvgIpc) is 2.19. The number of anilines is 1. The van der Waals surface area contributed by atoms with Gasteiger partial charge in [0.25, 0.3) is 0 Å². The molecule has 0 bridgehead atoms. The first-order chi connectivity index (χ1) is 6.84.